The van der Waals surface area contributed by atoms with Crippen LogP contribution in [0.2, 0.25) is 0 Å². The molecule has 0 radical (unpaired) electrons. The van der Waals surface area contributed by atoms with Crippen LogP contribution in [0.1, 0.15) is 0 Å². The van der Waals surface area contributed by atoms with Crippen molar-refractivity contribution >= 4 is 46.4 Å². The first-order chi connectivity index (χ1) is 4.41. The van der Waals surface area contributed by atoms with Crippen LogP contribution < -0.4 is 0 Å². The van der Waals surface area contributed by atoms with E-state index in [4.69, 9.17) is 51.5 Å². The molecule has 10 heavy (non-hydrogen) atoms. The minimum atomic E-state index is -1.61. The first-order valence-corrected chi connectivity index (χ1v) is 3.78. The predicted molar refractivity (Wildman–Crippen MR) is 45.1 cm³/mol. The summed E-state index contributed by atoms with van der Waals surface area (Å²) in [7, 11) is 1.55. The summed E-state index contributed by atoms with van der Waals surface area (Å²) >= 11 is 19.3. The Labute approximate surface area is 80.0 Å². The van der Waals surface area contributed by atoms with Gasteiger partial charge in [0.1, 0.15) is 0 Å². The number of hydrogen-bond acceptors (Lipinski definition) is 2. The van der Waals surface area contributed by atoms with Crippen molar-refractivity contribution in [3.8, 4) is 0 Å². The molecule has 0 unspecified atom stereocenters. The van der Waals surface area contributed by atoms with Crippen molar-refractivity contribution in [2.45, 2.75) is 3.25 Å². The Morgan fingerprint density at radius 3 is 1.60 bits per heavy atom. The molecule has 0 aromatic carbocycles. The van der Waals surface area contributed by atoms with E-state index in [0.29, 0.717) is 6.61 Å². The van der Waals surface area contributed by atoms with Crippen molar-refractivity contribution < 1.29 is 9.84 Å². The van der Waals surface area contributed by atoms with E-state index in [1.165, 1.54) is 0 Å². The molecule has 0 aliphatic carbocycles. The van der Waals surface area contributed by atoms with E-state index in [0.717, 1.165) is 0 Å². The van der Waals surface area contributed by atoms with Gasteiger partial charge in [-0.15, -0.1) is 0 Å². The van der Waals surface area contributed by atoms with E-state index in [1.54, 1.807) is 7.11 Å². The lowest BCUT2D eigenvalue weighted by Gasteiger charge is -1.91. The van der Waals surface area contributed by atoms with E-state index < -0.39 is 3.25 Å². The van der Waals surface area contributed by atoms with Crippen molar-refractivity contribution in [3.05, 3.63) is 0 Å². The fourth-order valence-electron chi connectivity index (χ4n) is 0.0913. The minimum absolute atomic E-state index is 0.122. The van der Waals surface area contributed by atoms with Gasteiger partial charge in [-0.3, -0.25) is 0 Å². The summed E-state index contributed by atoms with van der Waals surface area (Å²) < 4.78 is 2.83. The molecule has 0 amide bonds. The molecule has 0 saturated carbocycles. The zero-order valence-corrected chi connectivity index (χ0v) is 8.31. The highest BCUT2D eigenvalue weighted by atomic mass is 35.6. The summed E-state index contributed by atoms with van der Waals surface area (Å²) in [5.74, 6) is 0. The lowest BCUT2D eigenvalue weighted by Crippen LogP contribution is -1.91. The standard InChI is InChI=1S/C3H8O2.CCl4/c1-5-3-2-4;2-1(3,4)5/h4H,2-3H2,1H3;. The number of rotatable bonds is 2. The van der Waals surface area contributed by atoms with Crippen molar-refractivity contribution in [3.63, 3.8) is 0 Å². The number of aliphatic hydroxyl groups excluding tert-OH is 1. The Bertz CT molecular complexity index is 54.8. The lowest BCUT2D eigenvalue weighted by atomic mass is 10.8. The largest absolute Gasteiger partial charge is 0.394 e. The average molecular weight is 230 g/mol. The second kappa shape index (κ2) is 8.18. The molecule has 0 saturated heterocycles. The van der Waals surface area contributed by atoms with Crippen molar-refractivity contribution in [1.82, 2.24) is 0 Å². The Balaban J connectivity index is 0. The third-order valence-corrected chi connectivity index (χ3v) is 0.295. The summed E-state index contributed by atoms with van der Waals surface area (Å²) in [6.45, 7) is 0.566. The second-order valence-electron chi connectivity index (χ2n) is 1.14. The molecular weight excluding hydrogens is 222 g/mol. The zero-order valence-electron chi connectivity index (χ0n) is 5.28. The molecule has 1 N–H and O–H groups in total. The average Bonchev–Trinajstić information content (AvgIpc) is 1.63. The van der Waals surface area contributed by atoms with Crippen LogP contribution >= 0.6 is 46.4 Å². The summed E-state index contributed by atoms with van der Waals surface area (Å²) in [6.07, 6.45) is 0. The van der Waals surface area contributed by atoms with Gasteiger partial charge in [-0.2, -0.15) is 0 Å². The third-order valence-electron chi connectivity index (χ3n) is 0.295. The van der Waals surface area contributed by atoms with Gasteiger partial charge < -0.3 is 9.84 Å². The van der Waals surface area contributed by atoms with Gasteiger partial charge in [0.15, 0.2) is 0 Å². The van der Waals surface area contributed by atoms with Gasteiger partial charge >= 0.3 is 0 Å². The van der Waals surface area contributed by atoms with Gasteiger partial charge in [-0.25, -0.2) is 0 Å². The number of aliphatic hydroxyl groups is 1. The van der Waals surface area contributed by atoms with E-state index in [-0.39, 0.29) is 6.61 Å². The maximum Gasteiger partial charge on any atom is 0.266 e. The van der Waals surface area contributed by atoms with Crippen molar-refractivity contribution in [2.75, 3.05) is 20.3 Å². The molecule has 0 atom stereocenters. The summed E-state index contributed by atoms with van der Waals surface area (Å²) in [5.41, 5.74) is 0. The third kappa shape index (κ3) is 62.5. The van der Waals surface area contributed by atoms with Gasteiger partial charge in [0.2, 0.25) is 0 Å². The Hall–Kier alpha value is 1.08. The van der Waals surface area contributed by atoms with E-state index >= 15 is 0 Å². The second-order valence-corrected chi connectivity index (χ2v) is 4.57. The van der Waals surface area contributed by atoms with E-state index in [1.807, 2.05) is 0 Å². The van der Waals surface area contributed by atoms with Gasteiger partial charge in [0, 0.05) is 7.11 Å². The van der Waals surface area contributed by atoms with Crippen LogP contribution in [-0.4, -0.2) is 28.7 Å². The van der Waals surface area contributed by atoms with Gasteiger partial charge in [0.25, 0.3) is 3.25 Å². The molecule has 0 bridgehead atoms. The molecule has 64 valence electrons. The molecule has 2 nitrogen and oxygen atoms in total. The van der Waals surface area contributed by atoms with Crippen molar-refractivity contribution in [2.24, 2.45) is 0 Å². The summed E-state index contributed by atoms with van der Waals surface area (Å²) in [4.78, 5) is 0. The summed E-state index contributed by atoms with van der Waals surface area (Å²) in [6, 6.07) is 0. The quantitative estimate of drug-likeness (QED) is 0.736. The Morgan fingerprint density at radius 2 is 1.60 bits per heavy atom. The maximum absolute atomic E-state index is 7.94. The van der Waals surface area contributed by atoms with Crippen LogP contribution in [0.15, 0.2) is 0 Å². The van der Waals surface area contributed by atoms with Gasteiger partial charge in [-0.1, -0.05) is 46.4 Å². The summed E-state index contributed by atoms with van der Waals surface area (Å²) in [5, 5.41) is 7.94. The van der Waals surface area contributed by atoms with Crippen LogP contribution in [-0.2, 0) is 4.74 Å². The highest BCUT2D eigenvalue weighted by Gasteiger charge is 2.11. The Morgan fingerprint density at radius 1 is 1.30 bits per heavy atom. The number of alkyl halides is 4. The molecule has 0 aromatic rings. The molecule has 0 aliphatic rings. The van der Waals surface area contributed by atoms with Crippen molar-refractivity contribution in [1.29, 1.82) is 0 Å². The van der Waals surface area contributed by atoms with Crippen LogP contribution in [0, 0.1) is 0 Å². The number of methoxy groups -OCH3 is 1. The minimum Gasteiger partial charge on any atom is -0.394 e. The molecule has 0 spiro atoms. The number of hydrogen-bond donors (Lipinski definition) is 1. The molecule has 0 aliphatic heterocycles. The first-order valence-electron chi connectivity index (χ1n) is 2.27. The molecular formula is C4H8Cl4O2. The zero-order chi connectivity index (χ0) is 8.62. The van der Waals surface area contributed by atoms with Crippen LogP contribution in [0.4, 0.5) is 0 Å². The predicted octanol–water partition coefficient (Wildman–Crippen LogP) is 2.18. The van der Waals surface area contributed by atoms with E-state index in [2.05, 4.69) is 4.74 Å². The number of halogens is 4. The van der Waals surface area contributed by atoms with E-state index in [9.17, 15) is 0 Å². The van der Waals surface area contributed by atoms with Gasteiger partial charge in [0.05, 0.1) is 13.2 Å². The molecule has 0 rings (SSSR count). The van der Waals surface area contributed by atoms with Crippen LogP contribution in [0.5, 0.6) is 0 Å². The highest BCUT2D eigenvalue weighted by Crippen LogP contribution is 2.29. The fourth-order valence-corrected chi connectivity index (χ4v) is 0.0913. The van der Waals surface area contributed by atoms with Gasteiger partial charge in [-0.05, 0) is 0 Å². The van der Waals surface area contributed by atoms with Crippen LogP contribution in [0.25, 0.3) is 0 Å². The van der Waals surface area contributed by atoms with Crippen LogP contribution in [0.3, 0.4) is 0 Å². The smallest absolute Gasteiger partial charge is 0.266 e. The monoisotopic (exact) mass is 228 g/mol. The topological polar surface area (TPSA) is 29.5 Å². The molecule has 0 heterocycles. The normalized spacial score (nSPS) is 10.2. The lowest BCUT2D eigenvalue weighted by molar-refractivity contribution is 0.135. The SMILES string of the molecule is COCCO.ClC(Cl)(Cl)Cl. The number of ether oxygens (including phenoxy) is 1. The highest BCUT2D eigenvalue weighted by molar-refractivity contribution is 6.83. The Kier molecular flexibility index (Phi) is 11.2. The molecule has 0 fully saturated rings. The fraction of sp³-hybridized carbons (Fsp3) is 1.00. The molecule has 0 aromatic heterocycles. The maximum atomic E-state index is 7.94. The first kappa shape index (κ1) is 13.7. The molecule has 6 heteroatoms.